The molecular weight excluding hydrogens is 202 g/mol. The van der Waals surface area contributed by atoms with Gasteiger partial charge in [-0.15, -0.1) is 0 Å². The van der Waals surface area contributed by atoms with Crippen LogP contribution in [0.4, 0.5) is 0 Å². The summed E-state index contributed by atoms with van der Waals surface area (Å²) in [6, 6.07) is 0. The van der Waals surface area contributed by atoms with E-state index in [1.54, 1.807) is 7.11 Å². The van der Waals surface area contributed by atoms with Gasteiger partial charge in [0, 0.05) is 20.5 Å². The Balaban J connectivity index is 0. The van der Waals surface area contributed by atoms with Gasteiger partial charge in [0.05, 0.1) is 6.61 Å². The van der Waals surface area contributed by atoms with E-state index in [0.717, 1.165) is 12.8 Å². The van der Waals surface area contributed by atoms with Gasteiger partial charge < -0.3 is 10.1 Å². The summed E-state index contributed by atoms with van der Waals surface area (Å²) in [6.07, 6.45) is 1.97. The fourth-order valence-electron chi connectivity index (χ4n) is 1.31. The standard InChI is InChI=1S/C13H27NO2.H2/c1-12(2,3)7-8-13(4,5)11(15)14-9-10-16-6;/h7-10H2,1-6H3,(H,14,15);1H. The van der Waals surface area contributed by atoms with Crippen molar-refractivity contribution in [2.75, 3.05) is 20.3 Å². The third-order valence-corrected chi connectivity index (χ3v) is 2.71. The molecule has 3 heteroatoms. The van der Waals surface area contributed by atoms with Crippen molar-refractivity contribution in [1.82, 2.24) is 5.32 Å². The van der Waals surface area contributed by atoms with Gasteiger partial charge in [0.25, 0.3) is 0 Å². The molecule has 0 aromatic carbocycles. The van der Waals surface area contributed by atoms with Crippen LogP contribution < -0.4 is 5.32 Å². The van der Waals surface area contributed by atoms with Crippen molar-refractivity contribution in [3.8, 4) is 0 Å². The van der Waals surface area contributed by atoms with Crippen LogP contribution in [0.2, 0.25) is 0 Å². The Bertz CT molecular complexity index is 222. The first-order valence-corrected chi connectivity index (χ1v) is 5.96. The Morgan fingerprint density at radius 2 is 1.75 bits per heavy atom. The lowest BCUT2D eigenvalue weighted by molar-refractivity contribution is -0.130. The van der Waals surface area contributed by atoms with Crippen LogP contribution in [0.5, 0.6) is 0 Å². The lowest BCUT2D eigenvalue weighted by Crippen LogP contribution is -2.39. The van der Waals surface area contributed by atoms with Crippen molar-refractivity contribution >= 4 is 5.91 Å². The number of carbonyl (C=O) groups excluding carboxylic acids is 1. The fraction of sp³-hybridized carbons (Fsp3) is 0.923. The summed E-state index contributed by atoms with van der Waals surface area (Å²) in [5, 5.41) is 2.90. The summed E-state index contributed by atoms with van der Waals surface area (Å²) < 4.78 is 4.90. The van der Waals surface area contributed by atoms with Crippen molar-refractivity contribution in [2.24, 2.45) is 10.8 Å². The summed E-state index contributed by atoms with van der Waals surface area (Å²) >= 11 is 0. The zero-order valence-electron chi connectivity index (χ0n) is 11.6. The fourth-order valence-corrected chi connectivity index (χ4v) is 1.31. The van der Waals surface area contributed by atoms with Crippen LogP contribution in [0, 0.1) is 10.8 Å². The number of amides is 1. The molecule has 16 heavy (non-hydrogen) atoms. The van der Waals surface area contributed by atoms with E-state index in [-0.39, 0.29) is 18.2 Å². The number of methoxy groups -OCH3 is 1. The third kappa shape index (κ3) is 6.83. The van der Waals surface area contributed by atoms with Gasteiger partial charge >= 0.3 is 0 Å². The Morgan fingerprint density at radius 1 is 1.19 bits per heavy atom. The number of carbonyl (C=O) groups is 1. The molecule has 0 spiro atoms. The molecule has 3 nitrogen and oxygen atoms in total. The van der Waals surface area contributed by atoms with Crippen LogP contribution in [0.3, 0.4) is 0 Å². The Morgan fingerprint density at radius 3 is 2.19 bits per heavy atom. The maximum Gasteiger partial charge on any atom is 0.225 e. The maximum atomic E-state index is 11.9. The molecule has 0 saturated carbocycles. The summed E-state index contributed by atoms with van der Waals surface area (Å²) in [5.41, 5.74) is -0.00883. The largest absolute Gasteiger partial charge is 0.383 e. The van der Waals surface area contributed by atoms with E-state index in [2.05, 4.69) is 26.1 Å². The van der Waals surface area contributed by atoms with E-state index in [4.69, 9.17) is 4.74 Å². The third-order valence-electron chi connectivity index (χ3n) is 2.71. The number of rotatable bonds is 6. The molecule has 0 rings (SSSR count). The number of hydrogen-bond acceptors (Lipinski definition) is 2. The lowest BCUT2D eigenvalue weighted by Gasteiger charge is -2.27. The highest BCUT2D eigenvalue weighted by Crippen LogP contribution is 2.30. The maximum absolute atomic E-state index is 11.9. The second-order valence-corrected chi connectivity index (χ2v) is 6.19. The Hall–Kier alpha value is -0.570. The van der Waals surface area contributed by atoms with Gasteiger partial charge in [-0.2, -0.15) is 0 Å². The van der Waals surface area contributed by atoms with Crippen LogP contribution in [-0.2, 0) is 9.53 Å². The number of nitrogens with one attached hydrogen (secondary N) is 1. The zero-order valence-corrected chi connectivity index (χ0v) is 11.6. The lowest BCUT2D eigenvalue weighted by atomic mass is 9.79. The van der Waals surface area contributed by atoms with E-state index in [1.807, 2.05) is 13.8 Å². The van der Waals surface area contributed by atoms with Crippen molar-refractivity contribution in [1.29, 1.82) is 0 Å². The van der Waals surface area contributed by atoms with Crippen LogP contribution in [0.25, 0.3) is 0 Å². The summed E-state index contributed by atoms with van der Waals surface area (Å²) in [6.45, 7) is 11.8. The second kappa shape index (κ2) is 6.24. The molecule has 0 atom stereocenters. The molecule has 1 amide bonds. The first kappa shape index (κ1) is 15.4. The van der Waals surface area contributed by atoms with Gasteiger partial charge in [-0.25, -0.2) is 0 Å². The van der Waals surface area contributed by atoms with Crippen LogP contribution in [0.15, 0.2) is 0 Å². The molecule has 1 N–H and O–H groups in total. The minimum atomic E-state index is -0.291. The smallest absolute Gasteiger partial charge is 0.225 e. The second-order valence-electron chi connectivity index (χ2n) is 6.19. The molecule has 0 bridgehead atoms. The predicted molar refractivity (Wildman–Crippen MR) is 69.5 cm³/mol. The van der Waals surface area contributed by atoms with Crippen LogP contribution in [-0.4, -0.2) is 26.2 Å². The topological polar surface area (TPSA) is 38.3 Å². The van der Waals surface area contributed by atoms with Crippen molar-refractivity contribution in [3.05, 3.63) is 0 Å². The highest BCUT2D eigenvalue weighted by atomic mass is 16.5. The number of hydrogen-bond donors (Lipinski definition) is 1. The van der Waals surface area contributed by atoms with Gasteiger partial charge in [0.15, 0.2) is 0 Å². The van der Waals surface area contributed by atoms with Gasteiger partial charge in [0.2, 0.25) is 5.91 Å². The first-order chi connectivity index (χ1) is 7.19. The average molecular weight is 231 g/mol. The monoisotopic (exact) mass is 231 g/mol. The molecule has 0 radical (unpaired) electrons. The first-order valence-electron chi connectivity index (χ1n) is 5.96. The minimum absolute atomic E-state index is 0. The molecule has 98 valence electrons. The average Bonchev–Trinajstić information content (AvgIpc) is 2.14. The molecule has 0 aromatic heterocycles. The van der Waals surface area contributed by atoms with Gasteiger partial charge in [-0.05, 0) is 18.3 Å². The van der Waals surface area contributed by atoms with Crippen molar-refractivity contribution in [2.45, 2.75) is 47.5 Å². The molecule has 0 aliphatic heterocycles. The van der Waals surface area contributed by atoms with E-state index in [0.29, 0.717) is 13.2 Å². The highest BCUT2D eigenvalue weighted by Gasteiger charge is 2.28. The van der Waals surface area contributed by atoms with E-state index in [1.165, 1.54) is 0 Å². The van der Waals surface area contributed by atoms with Gasteiger partial charge in [0.1, 0.15) is 0 Å². The van der Waals surface area contributed by atoms with Gasteiger partial charge in [-0.1, -0.05) is 34.6 Å². The normalized spacial score (nSPS) is 12.6. The molecule has 0 aromatic rings. The quantitative estimate of drug-likeness (QED) is 0.714. The zero-order chi connectivity index (χ0) is 12.8. The summed E-state index contributed by atoms with van der Waals surface area (Å²) in [5.74, 6) is 0.119. The van der Waals surface area contributed by atoms with Gasteiger partial charge in [-0.3, -0.25) is 4.79 Å². The summed E-state index contributed by atoms with van der Waals surface area (Å²) in [7, 11) is 1.64. The highest BCUT2D eigenvalue weighted by molar-refractivity contribution is 5.81. The van der Waals surface area contributed by atoms with Crippen LogP contribution >= 0.6 is 0 Å². The predicted octanol–water partition coefficient (Wildman–Crippen LogP) is 2.85. The minimum Gasteiger partial charge on any atom is -0.383 e. The Labute approximate surface area is 101 Å². The van der Waals surface area contributed by atoms with E-state index in [9.17, 15) is 4.79 Å². The molecule has 0 aliphatic carbocycles. The molecule has 0 unspecified atom stereocenters. The van der Waals surface area contributed by atoms with Crippen LogP contribution in [0.1, 0.15) is 48.9 Å². The summed E-state index contributed by atoms with van der Waals surface area (Å²) in [4.78, 5) is 11.9. The van der Waals surface area contributed by atoms with Crippen molar-refractivity contribution < 1.29 is 11.0 Å². The van der Waals surface area contributed by atoms with Crippen molar-refractivity contribution in [3.63, 3.8) is 0 Å². The van der Waals surface area contributed by atoms with E-state index >= 15 is 0 Å². The molecule has 0 saturated heterocycles. The molecule has 0 fully saturated rings. The van der Waals surface area contributed by atoms with E-state index < -0.39 is 0 Å². The molecule has 0 aliphatic rings. The number of ether oxygens (including phenoxy) is 1. The molecular formula is C13H29NO2. The SMILES string of the molecule is COCCNC(=O)C(C)(C)CCC(C)(C)C.[HH]. The molecule has 0 heterocycles. The Kier molecular flexibility index (Phi) is 6.01.